The van der Waals surface area contributed by atoms with Crippen molar-refractivity contribution in [2.45, 2.75) is 18.9 Å². The van der Waals surface area contributed by atoms with E-state index in [1.165, 1.54) is 5.56 Å². The minimum Gasteiger partial charge on any atom is -0.387 e. The van der Waals surface area contributed by atoms with Gasteiger partial charge in [-0.1, -0.05) is 36.4 Å². The van der Waals surface area contributed by atoms with Crippen LogP contribution >= 0.6 is 0 Å². The van der Waals surface area contributed by atoms with Gasteiger partial charge >= 0.3 is 0 Å². The molecular weight excluding hydrogens is 198 g/mol. The van der Waals surface area contributed by atoms with Gasteiger partial charge in [0.05, 0.1) is 11.8 Å². The van der Waals surface area contributed by atoms with Crippen LogP contribution in [0.5, 0.6) is 0 Å². The van der Waals surface area contributed by atoms with E-state index in [1.54, 1.807) is 6.20 Å². The third-order valence-corrected chi connectivity index (χ3v) is 2.58. The SMILES string of the molecule is O[C@H](CCc1ccccc1)c1ccccn1. The Labute approximate surface area is 95.6 Å². The maximum Gasteiger partial charge on any atom is 0.0962 e. The van der Waals surface area contributed by atoms with Crippen molar-refractivity contribution < 1.29 is 5.11 Å². The number of benzene rings is 1. The van der Waals surface area contributed by atoms with Gasteiger partial charge in [0.15, 0.2) is 0 Å². The molecule has 0 amide bonds. The maximum atomic E-state index is 9.92. The molecule has 1 N–H and O–H groups in total. The Hall–Kier alpha value is -1.67. The van der Waals surface area contributed by atoms with Crippen molar-refractivity contribution in [3.05, 3.63) is 66.0 Å². The normalized spacial score (nSPS) is 12.3. The van der Waals surface area contributed by atoms with Gasteiger partial charge < -0.3 is 5.11 Å². The largest absolute Gasteiger partial charge is 0.387 e. The number of nitrogens with zero attached hydrogens (tertiary/aromatic N) is 1. The van der Waals surface area contributed by atoms with E-state index >= 15 is 0 Å². The monoisotopic (exact) mass is 213 g/mol. The van der Waals surface area contributed by atoms with Crippen LogP contribution in [0.1, 0.15) is 23.8 Å². The molecule has 0 unspecified atom stereocenters. The Balaban J connectivity index is 1.92. The van der Waals surface area contributed by atoms with E-state index < -0.39 is 6.10 Å². The molecule has 1 aromatic carbocycles. The number of hydrogen-bond donors (Lipinski definition) is 1. The maximum absolute atomic E-state index is 9.92. The van der Waals surface area contributed by atoms with Crippen LogP contribution in [0.3, 0.4) is 0 Å². The molecule has 16 heavy (non-hydrogen) atoms. The highest BCUT2D eigenvalue weighted by atomic mass is 16.3. The van der Waals surface area contributed by atoms with Gasteiger partial charge in [0, 0.05) is 6.20 Å². The fourth-order valence-corrected chi connectivity index (χ4v) is 1.67. The van der Waals surface area contributed by atoms with E-state index in [-0.39, 0.29) is 0 Å². The molecule has 0 aliphatic carbocycles. The summed E-state index contributed by atoms with van der Waals surface area (Å²) >= 11 is 0. The number of aryl methyl sites for hydroxylation is 1. The van der Waals surface area contributed by atoms with E-state index in [2.05, 4.69) is 17.1 Å². The molecule has 0 radical (unpaired) electrons. The van der Waals surface area contributed by atoms with E-state index in [0.29, 0.717) is 6.42 Å². The van der Waals surface area contributed by atoms with Crippen molar-refractivity contribution in [3.8, 4) is 0 Å². The first-order chi connectivity index (χ1) is 7.86. The molecule has 0 fully saturated rings. The lowest BCUT2D eigenvalue weighted by atomic mass is 10.0. The van der Waals surface area contributed by atoms with E-state index in [0.717, 1.165) is 12.1 Å². The Morgan fingerprint density at radius 2 is 1.75 bits per heavy atom. The molecule has 1 heterocycles. The zero-order chi connectivity index (χ0) is 11.2. The second-order valence-corrected chi connectivity index (χ2v) is 3.79. The summed E-state index contributed by atoms with van der Waals surface area (Å²) < 4.78 is 0. The first-order valence-corrected chi connectivity index (χ1v) is 5.49. The summed E-state index contributed by atoms with van der Waals surface area (Å²) in [5.41, 5.74) is 2.00. The molecule has 2 heteroatoms. The molecular formula is C14H15NO. The van der Waals surface area contributed by atoms with Crippen molar-refractivity contribution >= 4 is 0 Å². The molecule has 1 atom stereocenters. The second-order valence-electron chi connectivity index (χ2n) is 3.79. The number of pyridine rings is 1. The van der Waals surface area contributed by atoms with Gasteiger partial charge in [-0.25, -0.2) is 0 Å². The second kappa shape index (κ2) is 5.42. The third kappa shape index (κ3) is 2.91. The lowest BCUT2D eigenvalue weighted by Gasteiger charge is -2.09. The van der Waals surface area contributed by atoms with Gasteiger partial charge in [-0.3, -0.25) is 4.98 Å². The Morgan fingerprint density at radius 3 is 2.44 bits per heavy atom. The minimum atomic E-state index is -0.471. The summed E-state index contributed by atoms with van der Waals surface area (Å²) in [4.78, 5) is 4.14. The molecule has 0 aliphatic heterocycles. The first kappa shape index (κ1) is 10.8. The number of aliphatic hydroxyl groups excluding tert-OH is 1. The Kier molecular flexibility index (Phi) is 3.67. The number of aromatic nitrogens is 1. The van der Waals surface area contributed by atoms with Crippen molar-refractivity contribution in [2.24, 2.45) is 0 Å². The van der Waals surface area contributed by atoms with Crippen molar-refractivity contribution in [1.82, 2.24) is 4.98 Å². The lowest BCUT2D eigenvalue weighted by molar-refractivity contribution is 0.163. The van der Waals surface area contributed by atoms with Crippen molar-refractivity contribution in [1.29, 1.82) is 0 Å². The molecule has 2 rings (SSSR count). The molecule has 1 aromatic heterocycles. The zero-order valence-electron chi connectivity index (χ0n) is 9.08. The fourth-order valence-electron chi connectivity index (χ4n) is 1.67. The summed E-state index contributed by atoms with van der Waals surface area (Å²) in [6.07, 6.45) is 2.82. The molecule has 0 bridgehead atoms. The number of hydrogen-bond acceptors (Lipinski definition) is 2. The van der Waals surface area contributed by atoms with Gasteiger partial charge in [-0.15, -0.1) is 0 Å². The predicted octanol–water partition coefficient (Wildman–Crippen LogP) is 2.75. The Morgan fingerprint density at radius 1 is 1.00 bits per heavy atom. The van der Waals surface area contributed by atoms with Crippen LogP contribution < -0.4 is 0 Å². The average molecular weight is 213 g/mol. The van der Waals surface area contributed by atoms with Gasteiger partial charge in [-0.05, 0) is 30.5 Å². The topological polar surface area (TPSA) is 33.1 Å². The molecule has 0 saturated heterocycles. The lowest BCUT2D eigenvalue weighted by Crippen LogP contribution is -2.01. The molecule has 2 aromatic rings. The van der Waals surface area contributed by atoms with Gasteiger partial charge in [0.1, 0.15) is 0 Å². The van der Waals surface area contributed by atoms with Crippen LogP contribution in [0.4, 0.5) is 0 Å². The quantitative estimate of drug-likeness (QED) is 0.847. The summed E-state index contributed by atoms with van der Waals surface area (Å²) in [6.45, 7) is 0. The van der Waals surface area contributed by atoms with Crippen LogP contribution in [0.15, 0.2) is 54.7 Å². The summed E-state index contributed by atoms with van der Waals surface area (Å²) in [7, 11) is 0. The summed E-state index contributed by atoms with van der Waals surface area (Å²) in [5.74, 6) is 0. The molecule has 0 saturated carbocycles. The highest BCUT2D eigenvalue weighted by Gasteiger charge is 2.07. The van der Waals surface area contributed by atoms with Gasteiger partial charge in [0.2, 0.25) is 0 Å². The molecule has 0 spiro atoms. The Bertz CT molecular complexity index is 413. The van der Waals surface area contributed by atoms with Gasteiger partial charge in [0.25, 0.3) is 0 Å². The summed E-state index contributed by atoms with van der Waals surface area (Å²) in [5, 5.41) is 9.92. The van der Waals surface area contributed by atoms with Crippen molar-refractivity contribution in [3.63, 3.8) is 0 Å². The van der Waals surface area contributed by atoms with Crippen LogP contribution in [0.2, 0.25) is 0 Å². The fraction of sp³-hybridized carbons (Fsp3) is 0.214. The zero-order valence-corrected chi connectivity index (χ0v) is 9.08. The highest BCUT2D eigenvalue weighted by Crippen LogP contribution is 2.16. The first-order valence-electron chi connectivity index (χ1n) is 5.49. The molecule has 0 aliphatic rings. The van der Waals surface area contributed by atoms with Gasteiger partial charge in [-0.2, -0.15) is 0 Å². The smallest absolute Gasteiger partial charge is 0.0962 e. The number of aliphatic hydroxyl groups is 1. The standard InChI is InChI=1S/C14H15NO/c16-14(13-8-4-5-11-15-13)10-9-12-6-2-1-3-7-12/h1-8,11,14,16H,9-10H2/t14-/m1/s1. The number of rotatable bonds is 4. The average Bonchev–Trinajstić information content (AvgIpc) is 2.38. The van der Waals surface area contributed by atoms with E-state index in [9.17, 15) is 5.11 Å². The highest BCUT2D eigenvalue weighted by molar-refractivity contribution is 5.15. The van der Waals surface area contributed by atoms with Crippen LogP contribution in [0, 0.1) is 0 Å². The third-order valence-electron chi connectivity index (χ3n) is 2.58. The molecule has 82 valence electrons. The van der Waals surface area contributed by atoms with Crippen molar-refractivity contribution in [2.75, 3.05) is 0 Å². The molecule has 2 nitrogen and oxygen atoms in total. The van der Waals surface area contributed by atoms with Crippen LogP contribution in [0.25, 0.3) is 0 Å². The van der Waals surface area contributed by atoms with E-state index in [4.69, 9.17) is 0 Å². The van der Waals surface area contributed by atoms with Crippen LogP contribution in [-0.4, -0.2) is 10.1 Å². The van der Waals surface area contributed by atoms with E-state index in [1.807, 2.05) is 36.4 Å². The van der Waals surface area contributed by atoms with Crippen LogP contribution in [-0.2, 0) is 6.42 Å². The summed E-state index contributed by atoms with van der Waals surface area (Å²) in [6, 6.07) is 15.8. The minimum absolute atomic E-state index is 0.471. The predicted molar refractivity (Wildman–Crippen MR) is 64.0 cm³/mol.